The summed E-state index contributed by atoms with van der Waals surface area (Å²) in [6, 6.07) is 0.695. The molecule has 1 aliphatic heterocycles. The van der Waals surface area contributed by atoms with Gasteiger partial charge in [0.25, 0.3) is 0 Å². The van der Waals surface area contributed by atoms with E-state index in [2.05, 4.69) is 39.2 Å². The Morgan fingerprint density at radius 2 is 2.00 bits per heavy atom. The molecule has 1 aromatic rings. The maximum atomic E-state index is 12.5. The first-order valence-corrected chi connectivity index (χ1v) is 9.05. The van der Waals surface area contributed by atoms with Gasteiger partial charge in [-0.2, -0.15) is 5.10 Å². The monoisotopic (exact) mass is 319 g/mol. The molecule has 2 aliphatic rings. The molecule has 6 heteroatoms. The summed E-state index contributed by atoms with van der Waals surface area (Å²) < 4.78 is 0. The topological polar surface area (TPSA) is 73.9 Å². The molecule has 0 spiro atoms. The predicted octanol–water partition coefficient (Wildman–Crippen LogP) is 2.37. The lowest BCUT2D eigenvalue weighted by atomic mass is 9.95. The van der Waals surface area contributed by atoms with Crippen LogP contribution in [0.25, 0.3) is 0 Å². The van der Waals surface area contributed by atoms with Gasteiger partial charge >= 0.3 is 0 Å². The van der Waals surface area contributed by atoms with Gasteiger partial charge in [-0.3, -0.25) is 9.89 Å². The summed E-state index contributed by atoms with van der Waals surface area (Å²) in [5.41, 5.74) is 0. The maximum Gasteiger partial charge on any atom is 0.223 e. The number of carbonyl (C=O) groups is 1. The van der Waals surface area contributed by atoms with Gasteiger partial charge in [0, 0.05) is 17.9 Å². The van der Waals surface area contributed by atoms with Crippen molar-refractivity contribution in [3.05, 3.63) is 11.6 Å². The Bertz CT molecular complexity index is 531. The number of carbonyl (C=O) groups excluding carboxylic acids is 1. The van der Waals surface area contributed by atoms with E-state index in [0.29, 0.717) is 5.92 Å². The first kappa shape index (κ1) is 16.4. The van der Waals surface area contributed by atoms with Crippen LogP contribution in [0.4, 0.5) is 0 Å². The third-order valence-electron chi connectivity index (χ3n) is 5.31. The average Bonchev–Trinajstić information content (AvgIpc) is 3.30. The fraction of sp³-hybridized carbons (Fsp3) is 0.824. The Morgan fingerprint density at radius 1 is 1.30 bits per heavy atom. The number of piperidine rings is 1. The van der Waals surface area contributed by atoms with Crippen molar-refractivity contribution in [2.75, 3.05) is 13.1 Å². The van der Waals surface area contributed by atoms with Crippen LogP contribution >= 0.6 is 0 Å². The fourth-order valence-electron chi connectivity index (χ4n) is 3.25. The second kappa shape index (κ2) is 6.99. The largest absolute Gasteiger partial charge is 0.346 e. The van der Waals surface area contributed by atoms with Crippen molar-refractivity contribution in [1.29, 1.82) is 0 Å². The summed E-state index contributed by atoms with van der Waals surface area (Å²) in [6.07, 6.45) is 5.65. The molecule has 0 aromatic carbocycles. The summed E-state index contributed by atoms with van der Waals surface area (Å²) in [7, 11) is 0. The zero-order valence-corrected chi connectivity index (χ0v) is 14.5. The highest BCUT2D eigenvalue weighted by Gasteiger charge is 2.34. The van der Waals surface area contributed by atoms with E-state index in [9.17, 15) is 4.79 Å². The summed E-state index contributed by atoms with van der Waals surface area (Å²) in [5, 5.41) is 10.3. The van der Waals surface area contributed by atoms with Gasteiger partial charge in [0.1, 0.15) is 5.82 Å². The Hall–Kier alpha value is -1.43. The lowest BCUT2D eigenvalue weighted by Gasteiger charge is -2.31. The molecule has 3 rings (SSSR count). The number of rotatable bonds is 6. The quantitative estimate of drug-likeness (QED) is 0.844. The minimum Gasteiger partial charge on any atom is -0.346 e. The lowest BCUT2D eigenvalue weighted by molar-refractivity contribution is -0.127. The third-order valence-corrected chi connectivity index (χ3v) is 5.31. The minimum absolute atomic E-state index is 0.116. The van der Waals surface area contributed by atoms with Crippen molar-refractivity contribution in [1.82, 2.24) is 25.4 Å². The number of nitrogens with zero attached hydrogens (tertiary/aromatic N) is 3. The summed E-state index contributed by atoms with van der Waals surface area (Å²) in [6.45, 7) is 8.34. The molecule has 1 saturated carbocycles. The Balaban J connectivity index is 1.50. The van der Waals surface area contributed by atoms with E-state index in [0.717, 1.165) is 50.0 Å². The van der Waals surface area contributed by atoms with Crippen LogP contribution in [0.1, 0.15) is 76.5 Å². The van der Waals surface area contributed by atoms with Crippen LogP contribution in [-0.2, 0) is 4.79 Å². The highest BCUT2D eigenvalue weighted by Crippen LogP contribution is 2.31. The molecule has 2 N–H and O–H groups in total. The second-order valence-corrected chi connectivity index (χ2v) is 7.16. The summed E-state index contributed by atoms with van der Waals surface area (Å²) in [5.74, 6) is 2.24. The summed E-state index contributed by atoms with van der Waals surface area (Å²) in [4.78, 5) is 19.6. The number of likely N-dealkylation sites (tertiary alicyclic amines) is 1. The van der Waals surface area contributed by atoms with Crippen LogP contribution in [0.15, 0.2) is 0 Å². The van der Waals surface area contributed by atoms with Crippen LogP contribution in [0, 0.1) is 5.92 Å². The number of hydrogen-bond donors (Lipinski definition) is 2. The molecular formula is C17H29N5O. The number of hydrogen-bond acceptors (Lipinski definition) is 4. The van der Waals surface area contributed by atoms with Crippen LogP contribution in [0.3, 0.4) is 0 Å². The first-order chi connectivity index (χ1) is 11.1. The van der Waals surface area contributed by atoms with Gasteiger partial charge in [0.05, 0.1) is 6.04 Å². The van der Waals surface area contributed by atoms with Crippen molar-refractivity contribution in [3.63, 3.8) is 0 Å². The Morgan fingerprint density at radius 3 is 2.61 bits per heavy atom. The van der Waals surface area contributed by atoms with Crippen molar-refractivity contribution in [2.24, 2.45) is 5.92 Å². The van der Waals surface area contributed by atoms with E-state index < -0.39 is 0 Å². The van der Waals surface area contributed by atoms with Crippen LogP contribution in [-0.4, -0.2) is 45.1 Å². The molecule has 0 bridgehead atoms. The molecule has 23 heavy (non-hydrogen) atoms. The number of aromatic amines is 1. The molecule has 1 aromatic heterocycles. The molecule has 0 radical (unpaired) electrons. The molecule has 1 aliphatic carbocycles. The van der Waals surface area contributed by atoms with Gasteiger partial charge in [-0.15, -0.1) is 0 Å². The van der Waals surface area contributed by atoms with Crippen molar-refractivity contribution in [3.8, 4) is 0 Å². The van der Waals surface area contributed by atoms with Gasteiger partial charge in [0.15, 0.2) is 5.82 Å². The number of amides is 1. The molecule has 1 amide bonds. The normalized spacial score (nSPS) is 22.7. The van der Waals surface area contributed by atoms with Gasteiger partial charge in [0.2, 0.25) is 5.91 Å². The predicted molar refractivity (Wildman–Crippen MR) is 89.0 cm³/mol. The number of aromatic nitrogens is 3. The van der Waals surface area contributed by atoms with Crippen LogP contribution < -0.4 is 5.32 Å². The molecule has 1 saturated heterocycles. The third kappa shape index (κ3) is 3.91. The number of nitrogens with one attached hydrogen (secondary N) is 2. The minimum atomic E-state index is -0.116. The zero-order chi connectivity index (χ0) is 16.4. The van der Waals surface area contributed by atoms with Crippen molar-refractivity contribution in [2.45, 2.75) is 70.9 Å². The smallest absolute Gasteiger partial charge is 0.223 e. The highest BCUT2D eigenvalue weighted by atomic mass is 16.2. The standard InChI is InChI=1S/C17H29N5O/c1-4-11(2)15-19-16(21-20-15)12(3)18-17(23)13-7-9-22(10-8-13)14-5-6-14/h11-14H,4-10H2,1-3H3,(H,18,23)(H,19,20,21). The van der Waals surface area contributed by atoms with E-state index in [1.165, 1.54) is 12.8 Å². The van der Waals surface area contributed by atoms with E-state index in [1.807, 2.05) is 6.92 Å². The van der Waals surface area contributed by atoms with E-state index in [4.69, 9.17) is 0 Å². The van der Waals surface area contributed by atoms with E-state index in [1.54, 1.807) is 0 Å². The average molecular weight is 319 g/mol. The molecule has 6 nitrogen and oxygen atoms in total. The van der Waals surface area contributed by atoms with Gasteiger partial charge in [-0.05, 0) is 52.1 Å². The van der Waals surface area contributed by atoms with Gasteiger partial charge < -0.3 is 10.2 Å². The molecule has 2 atom stereocenters. The van der Waals surface area contributed by atoms with Gasteiger partial charge in [-0.1, -0.05) is 13.8 Å². The van der Waals surface area contributed by atoms with Crippen molar-refractivity contribution < 1.29 is 4.79 Å². The molecular weight excluding hydrogens is 290 g/mol. The van der Waals surface area contributed by atoms with Crippen molar-refractivity contribution >= 4 is 5.91 Å². The molecule has 128 valence electrons. The highest BCUT2D eigenvalue weighted by molar-refractivity contribution is 5.79. The Labute approximate surface area is 138 Å². The second-order valence-electron chi connectivity index (χ2n) is 7.16. The molecule has 2 unspecified atom stereocenters. The lowest BCUT2D eigenvalue weighted by Crippen LogP contribution is -2.42. The SMILES string of the molecule is CCC(C)c1n[nH]c(C(C)NC(=O)C2CCN(C3CC3)CC2)n1. The fourth-order valence-corrected chi connectivity index (χ4v) is 3.25. The summed E-state index contributed by atoms with van der Waals surface area (Å²) >= 11 is 0. The molecule has 2 fully saturated rings. The first-order valence-electron chi connectivity index (χ1n) is 9.05. The maximum absolute atomic E-state index is 12.5. The van der Waals surface area contributed by atoms with Crippen LogP contribution in [0.5, 0.6) is 0 Å². The van der Waals surface area contributed by atoms with Gasteiger partial charge in [-0.25, -0.2) is 4.98 Å². The zero-order valence-electron chi connectivity index (χ0n) is 14.5. The number of H-pyrrole nitrogens is 1. The Kier molecular flexibility index (Phi) is 4.99. The van der Waals surface area contributed by atoms with E-state index in [-0.39, 0.29) is 17.9 Å². The van der Waals surface area contributed by atoms with E-state index >= 15 is 0 Å². The van der Waals surface area contributed by atoms with Crippen LogP contribution in [0.2, 0.25) is 0 Å². The molecule has 2 heterocycles.